The number of carbonyl (C=O) groups excluding carboxylic acids is 1. The van der Waals surface area contributed by atoms with Crippen LogP contribution >= 0.6 is 0 Å². The average molecular weight is 1230 g/mol. The van der Waals surface area contributed by atoms with Gasteiger partial charge in [0.2, 0.25) is 5.41 Å². The van der Waals surface area contributed by atoms with Crippen molar-refractivity contribution in [2.45, 2.75) is 156 Å². The van der Waals surface area contributed by atoms with Gasteiger partial charge >= 0.3 is 12.4 Å². The lowest BCUT2D eigenvalue weighted by molar-refractivity contribution is -0.288. The molecule has 0 saturated heterocycles. The molecule has 0 aliphatic carbocycles. The first-order valence-electron chi connectivity index (χ1n) is 31.0. The molecule has 0 aliphatic heterocycles. The van der Waals surface area contributed by atoms with E-state index in [9.17, 15) is 31.1 Å². The molecule has 0 N–H and O–H groups in total. The maximum atomic E-state index is 14.0. The summed E-state index contributed by atoms with van der Waals surface area (Å²) in [4.78, 5) is 12.4. The SMILES string of the molecule is Cc1cc(C)c(C)cc1C.Cc1ccc(-c2ccc(-c3ccc(C)c(C)c3)cc2)cc1C.Cc1ccc(-c2ccc(C)c(C)c2)cc1C.Cc1ccc(C(=O)c2ccc(C)c(C)c2)cc1C.Cc1ccc(C(c2ccc(C)c(C)c2)(C(F)(F)F)C(F)(F)F)cc1C. The lowest BCUT2D eigenvalue weighted by atomic mass is 9.71. The molecule has 10 aromatic carbocycles. The zero-order chi connectivity index (χ0) is 67.6. The minimum Gasteiger partial charge on any atom is -0.289 e. The van der Waals surface area contributed by atoms with Crippen molar-refractivity contribution in [2.24, 2.45) is 0 Å². The highest BCUT2D eigenvalue weighted by Crippen LogP contribution is 2.56. The first-order valence-corrected chi connectivity index (χ1v) is 31.0. The maximum Gasteiger partial charge on any atom is 0.411 e. The molecule has 0 unspecified atom stereocenters. The topological polar surface area (TPSA) is 17.1 Å². The molecular weight excluding hydrogens is 1140 g/mol. The lowest BCUT2D eigenvalue weighted by Crippen LogP contribution is -2.54. The van der Waals surface area contributed by atoms with Gasteiger partial charge in [-0.1, -0.05) is 170 Å². The number of hydrogen-bond acceptors (Lipinski definition) is 1. The zero-order valence-electron chi connectivity index (χ0n) is 57.0. The van der Waals surface area contributed by atoms with Crippen LogP contribution in [0.3, 0.4) is 0 Å². The van der Waals surface area contributed by atoms with Crippen LogP contribution in [0.2, 0.25) is 0 Å². The largest absolute Gasteiger partial charge is 0.411 e. The Hall–Kier alpha value is -8.55. The first kappa shape index (κ1) is 71.5. The van der Waals surface area contributed by atoms with Gasteiger partial charge in [-0.25, -0.2) is 0 Å². The molecule has 0 heterocycles. The molecule has 10 aromatic rings. The Morgan fingerprint density at radius 2 is 0.396 bits per heavy atom. The number of rotatable bonds is 7. The minimum atomic E-state index is -5.55. The van der Waals surface area contributed by atoms with Gasteiger partial charge in [-0.05, 0) is 306 Å². The van der Waals surface area contributed by atoms with E-state index in [1.165, 1.54) is 137 Å². The molecule has 10 rings (SSSR count). The van der Waals surface area contributed by atoms with E-state index in [1.807, 2.05) is 50.2 Å². The van der Waals surface area contributed by atoms with Crippen LogP contribution in [0.25, 0.3) is 33.4 Å². The van der Waals surface area contributed by atoms with Gasteiger partial charge in [0.15, 0.2) is 5.78 Å². The molecule has 1 nitrogen and oxygen atoms in total. The van der Waals surface area contributed by atoms with E-state index in [4.69, 9.17) is 0 Å². The van der Waals surface area contributed by atoms with Gasteiger partial charge in [0.05, 0.1) is 0 Å². The van der Waals surface area contributed by atoms with Crippen LogP contribution in [0, 0.1) is 138 Å². The molecule has 7 heteroatoms. The Morgan fingerprint density at radius 3 is 0.615 bits per heavy atom. The van der Waals surface area contributed by atoms with Crippen LogP contribution in [-0.4, -0.2) is 18.1 Å². The molecule has 0 atom stereocenters. The Morgan fingerprint density at radius 1 is 0.209 bits per heavy atom. The summed E-state index contributed by atoms with van der Waals surface area (Å²) in [6, 6.07) is 58.1. The van der Waals surface area contributed by atoms with Crippen LogP contribution in [0.1, 0.15) is 138 Å². The summed E-state index contributed by atoms with van der Waals surface area (Å²) in [6.07, 6.45) is -11.1. The standard InChI is InChI=1S/C22H22.C19H18F6.C17H18O.C16H18.C10H14/c1-15-5-7-21(13-17(15)3)19-9-11-20(12-10-19)22-8-6-16(2)18(4)14-22;1-11-5-7-15(9-13(11)3)17(18(20,21)22,19(23,24)25)16-8-6-12(2)14(4)10-16;1-11-5-7-15(9-13(11)3)17(18)16-8-6-12(2)14(4)10-16;1-11-5-7-15(9-13(11)3)16-8-6-12(2)14(4)10-16;1-7-5-9(3)10(4)6-8(7)2/h5-14H,1-4H3;5-10H,1-4H3;5-10H,1-4H3;5-10H,1-4H3;5-6H,1-4H3. The zero-order valence-corrected chi connectivity index (χ0v) is 57.0. The number of hydrogen-bond donors (Lipinski definition) is 0. The van der Waals surface area contributed by atoms with Crippen molar-refractivity contribution >= 4 is 5.78 Å². The minimum absolute atomic E-state index is 0.0983. The monoisotopic (exact) mass is 1230 g/mol. The van der Waals surface area contributed by atoms with Gasteiger partial charge < -0.3 is 0 Å². The molecule has 0 saturated carbocycles. The fraction of sp³-hybridized carbons (Fsp3) is 0.274. The summed E-state index contributed by atoms with van der Waals surface area (Å²) in [6.45, 7) is 40.3. The highest BCUT2D eigenvalue weighted by molar-refractivity contribution is 6.09. The molecule has 0 radical (unpaired) electrons. The van der Waals surface area contributed by atoms with Crippen molar-refractivity contribution in [1.82, 2.24) is 0 Å². The third kappa shape index (κ3) is 17.5. The lowest BCUT2D eigenvalue weighted by Gasteiger charge is -2.38. The smallest absolute Gasteiger partial charge is 0.289 e. The van der Waals surface area contributed by atoms with Gasteiger partial charge in [0.25, 0.3) is 0 Å². The maximum absolute atomic E-state index is 14.0. The Balaban J connectivity index is 0.000000185. The number of carbonyl (C=O) groups is 1. The summed E-state index contributed by atoms with van der Waals surface area (Å²) in [7, 11) is 0. The molecule has 0 aromatic heterocycles. The van der Waals surface area contributed by atoms with Crippen LogP contribution in [0.4, 0.5) is 26.3 Å². The highest BCUT2D eigenvalue weighted by atomic mass is 19.4. The Bertz CT molecular complexity index is 3920. The van der Waals surface area contributed by atoms with Crippen molar-refractivity contribution in [3.8, 4) is 33.4 Å². The normalized spacial score (nSPS) is 11.2. The van der Waals surface area contributed by atoms with Gasteiger partial charge in [-0.2, -0.15) is 26.3 Å². The molecule has 474 valence electrons. The summed E-state index contributed by atoms with van der Waals surface area (Å²) in [5, 5.41) is 0. The van der Waals surface area contributed by atoms with E-state index >= 15 is 0 Å². The number of alkyl halides is 6. The Labute approximate surface area is 539 Å². The van der Waals surface area contributed by atoms with Gasteiger partial charge in [0.1, 0.15) is 0 Å². The van der Waals surface area contributed by atoms with Crippen LogP contribution in [0.15, 0.2) is 182 Å². The second kappa shape index (κ2) is 30.0. The predicted octanol–water partition coefficient (Wildman–Crippen LogP) is 24.2. The quantitative estimate of drug-likeness (QED) is 0.115. The van der Waals surface area contributed by atoms with Crippen molar-refractivity contribution in [1.29, 1.82) is 0 Å². The van der Waals surface area contributed by atoms with E-state index < -0.39 is 28.9 Å². The highest BCUT2D eigenvalue weighted by Gasteiger charge is 2.72. The summed E-state index contributed by atoms with van der Waals surface area (Å²) >= 11 is 0. The first-order chi connectivity index (χ1) is 42.5. The summed E-state index contributed by atoms with van der Waals surface area (Å²) < 4.78 is 83.9. The van der Waals surface area contributed by atoms with E-state index in [1.54, 1.807) is 13.8 Å². The van der Waals surface area contributed by atoms with E-state index in [0.29, 0.717) is 22.3 Å². The number of ketones is 1. The molecule has 0 fully saturated rings. The van der Waals surface area contributed by atoms with Crippen molar-refractivity contribution in [3.05, 3.63) is 316 Å². The number of aryl methyl sites for hydroxylation is 20. The second-order valence-corrected chi connectivity index (χ2v) is 25.1. The number of benzene rings is 10. The summed E-state index contributed by atoms with van der Waals surface area (Å²) in [5.41, 5.74) is 26.7. The van der Waals surface area contributed by atoms with Crippen molar-refractivity contribution in [3.63, 3.8) is 0 Å². The third-order valence-corrected chi connectivity index (χ3v) is 18.3. The predicted molar refractivity (Wildman–Crippen MR) is 372 cm³/mol. The summed E-state index contributed by atoms with van der Waals surface area (Å²) in [5.74, 6) is 0.0983. The second-order valence-electron chi connectivity index (χ2n) is 25.1. The average Bonchev–Trinajstić information content (AvgIpc) is 0.722. The van der Waals surface area contributed by atoms with Gasteiger partial charge in [0, 0.05) is 11.1 Å². The Kier molecular flexibility index (Phi) is 23.6. The van der Waals surface area contributed by atoms with Crippen molar-refractivity contribution in [2.75, 3.05) is 0 Å². The fourth-order valence-corrected chi connectivity index (χ4v) is 10.5. The molecule has 0 aliphatic rings. The van der Waals surface area contributed by atoms with Gasteiger partial charge in [-0.15, -0.1) is 0 Å². The number of halogens is 6. The molecule has 0 bridgehead atoms. The molecular formula is C84H90F6O. The van der Waals surface area contributed by atoms with Gasteiger partial charge in [-0.3, -0.25) is 4.79 Å². The molecule has 0 spiro atoms. The molecule has 0 amide bonds. The van der Waals surface area contributed by atoms with E-state index in [-0.39, 0.29) is 5.78 Å². The van der Waals surface area contributed by atoms with E-state index in [0.717, 1.165) is 46.5 Å². The van der Waals surface area contributed by atoms with Crippen LogP contribution in [0.5, 0.6) is 0 Å². The van der Waals surface area contributed by atoms with Crippen LogP contribution in [-0.2, 0) is 5.41 Å². The van der Waals surface area contributed by atoms with E-state index in [2.05, 4.69) is 206 Å². The third-order valence-electron chi connectivity index (χ3n) is 18.3. The molecule has 91 heavy (non-hydrogen) atoms. The van der Waals surface area contributed by atoms with Crippen LogP contribution < -0.4 is 0 Å². The fourth-order valence-electron chi connectivity index (χ4n) is 10.5. The van der Waals surface area contributed by atoms with Crippen molar-refractivity contribution < 1.29 is 31.1 Å².